The third-order valence-electron chi connectivity index (χ3n) is 6.42. The van der Waals surface area contributed by atoms with E-state index in [2.05, 4.69) is 15.6 Å². The number of halogens is 1. The Balaban J connectivity index is 1.57. The Labute approximate surface area is 227 Å². The molecule has 4 rings (SSSR count). The van der Waals surface area contributed by atoms with Gasteiger partial charge in [0.1, 0.15) is 28.9 Å². The van der Waals surface area contributed by atoms with Gasteiger partial charge in [0, 0.05) is 41.3 Å². The Morgan fingerprint density at radius 3 is 2.54 bits per heavy atom. The number of ether oxygens (including phenoxy) is 1. The van der Waals surface area contributed by atoms with Crippen molar-refractivity contribution in [2.24, 2.45) is 0 Å². The van der Waals surface area contributed by atoms with E-state index >= 15 is 4.39 Å². The molecule has 11 heteroatoms. The summed E-state index contributed by atoms with van der Waals surface area (Å²) in [5, 5.41) is 5.69. The highest BCUT2D eigenvalue weighted by Crippen LogP contribution is 2.31. The molecule has 2 amide bonds. The van der Waals surface area contributed by atoms with Gasteiger partial charge in [-0.1, -0.05) is 19.9 Å². The van der Waals surface area contributed by atoms with Gasteiger partial charge in [0.15, 0.2) is 9.84 Å². The number of anilines is 1. The molecule has 1 aromatic heterocycles. The maximum atomic E-state index is 15.1. The van der Waals surface area contributed by atoms with Crippen molar-refractivity contribution in [1.82, 2.24) is 15.2 Å². The lowest BCUT2D eigenvalue weighted by Gasteiger charge is -2.22. The minimum Gasteiger partial charge on any atom is -0.491 e. The van der Waals surface area contributed by atoms with Crippen LogP contribution in [0.15, 0.2) is 53.6 Å². The molecule has 0 fully saturated rings. The molecule has 1 aliphatic heterocycles. The number of amides is 2. The zero-order valence-corrected chi connectivity index (χ0v) is 22.9. The van der Waals surface area contributed by atoms with Gasteiger partial charge in [0.05, 0.1) is 13.1 Å². The third kappa shape index (κ3) is 6.43. The standard InChI is InChI=1S/C28H31FN4O5S/c1-4-21-22(8-10-24(27(21)29)39(3,36)37)28(35)33-12-13-38-23-9-6-18(14-20(23)17-33)19-7-11-25(31-15-19)32-26(34)16-30-5-2/h6-11,14-15,30H,4-5,12-13,16-17H2,1-3H3,(H,31,32,34). The number of nitrogens with one attached hydrogen (secondary N) is 2. The number of carbonyl (C=O) groups is 2. The summed E-state index contributed by atoms with van der Waals surface area (Å²) in [7, 11) is -3.77. The van der Waals surface area contributed by atoms with Crippen LogP contribution in [0.5, 0.6) is 5.75 Å². The van der Waals surface area contributed by atoms with E-state index in [0.29, 0.717) is 18.1 Å². The zero-order chi connectivity index (χ0) is 28.2. The summed E-state index contributed by atoms with van der Waals surface area (Å²) in [5.74, 6) is -0.373. The van der Waals surface area contributed by atoms with Crippen LogP contribution < -0.4 is 15.4 Å². The van der Waals surface area contributed by atoms with Gasteiger partial charge in [0.2, 0.25) is 5.91 Å². The molecule has 0 saturated carbocycles. The average Bonchev–Trinajstić information content (AvgIpc) is 3.13. The Morgan fingerprint density at radius 1 is 1.10 bits per heavy atom. The van der Waals surface area contributed by atoms with Gasteiger partial charge in [-0.05, 0) is 54.9 Å². The van der Waals surface area contributed by atoms with Crippen LogP contribution in [0.4, 0.5) is 10.2 Å². The maximum Gasteiger partial charge on any atom is 0.254 e. The number of benzene rings is 2. The molecule has 9 nitrogen and oxygen atoms in total. The first-order valence-electron chi connectivity index (χ1n) is 12.7. The SMILES string of the molecule is CCNCC(=O)Nc1ccc(-c2ccc3c(c2)CN(C(=O)c2ccc(S(C)(=O)=O)c(F)c2CC)CCO3)cn1. The fourth-order valence-corrected chi connectivity index (χ4v) is 5.18. The lowest BCUT2D eigenvalue weighted by Crippen LogP contribution is -2.33. The van der Waals surface area contributed by atoms with Crippen molar-refractivity contribution in [3.05, 3.63) is 71.2 Å². The van der Waals surface area contributed by atoms with Gasteiger partial charge in [-0.15, -0.1) is 0 Å². The molecule has 3 aromatic rings. The fraction of sp³-hybridized carbons (Fsp3) is 0.321. The average molecular weight is 555 g/mol. The van der Waals surface area contributed by atoms with Crippen LogP contribution >= 0.6 is 0 Å². The van der Waals surface area contributed by atoms with Gasteiger partial charge < -0.3 is 20.3 Å². The van der Waals surface area contributed by atoms with Crippen LogP contribution in [0.2, 0.25) is 0 Å². The predicted octanol–water partition coefficient (Wildman–Crippen LogP) is 3.44. The second kappa shape index (κ2) is 11.9. The summed E-state index contributed by atoms with van der Waals surface area (Å²) in [4.78, 5) is 30.9. The number of pyridine rings is 1. The Morgan fingerprint density at radius 2 is 1.87 bits per heavy atom. The van der Waals surface area contributed by atoms with E-state index in [4.69, 9.17) is 4.74 Å². The zero-order valence-electron chi connectivity index (χ0n) is 22.1. The van der Waals surface area contributed by atoms with Crippen LogP contribution in [0.25, 0.3) is 11.1 Å². The molecule has 0 spiro atoms. The second-order valence-electron chi connectivity index (χ2n) is 9.19. The lowest BCUT2D eigenvalue weighted by molar-refractivity contribution is -0.115. The van der Waals surface area contributed by atoms with E-state index in [0.717, 1.165) is 29.0 Å². The topological polar surface area (TPSA) is 118 Å². The molecule has 1 aliphatic rings. The smallest absolute Gasteiger partial charge is 0.254 e. The van der Waals surface area contributed by atoms with Crippen molar-refractivity contribution in [1.29, 1.82) is 0 Å². The molecule has 0 atom stereocenters. The molecule has 0 aliphatic carbocycles. The molecule has 0 radical (unpaired) electrons. The normalized spacial score (nSPS) is 13.3. The van der Waals surface area contributed by atoms with E-state index in [-0.39, 0.29) is 49.7 Å². The summed E-state index contributed by atoms with van der Waals surface area (Å²) < 4.78 is 44.9. The highest BCUT2D eigenvalue weighted by Gasteiger charge is 2.27. The third-order valence-corrected chi connectivity index (χ3v) is 7.53. The summed E-state index contributed by atoms with van der Waals surface area (Å²) in [6.45, 7) is 5.26. The first kappa shape index (κ1) is 28.2. The van der Waals surface area contributed by atoms with Crippen molar-refractivity contribution in [2.75, 3.05) is 37.8 Å². The van der Waals surface area contributed by atoms with Crippen molar-refractivity contribution >= 4 is 27.5 Å². The Kier molecular flexibility index (Phi) is 8.61. The highest BCUT2D eigenvalue weighted by atomic mass is 32.2. The van der Waals surface area contributed by atoms with Crippen molar-refractivity contribution in [3.63, 3.8) is 0 Å². The Hall–Kier alpha value is -3.83. The van der Waals surface area contributed by atoms with Crippen molar-refractivity contribution in [3.8, 4) is 16.9 Å². The quantitative estimate of drug-likeness (QED) is 0.438. The number of hydrogen-bond donors (Lipinski definition) is 2. The molecule has 2 heterocycles. The second-order valence-corrected chi connectivity index (χ2v) is 11.2. The monoisotopic (exact) mass is 554 g/mol. The number of fused-ring (bicyclic) bond motifs is 1. The number of likely N-dealkylation sites (N-methyl/N-ethyl adjacent to an activating group) is 1. The van der Waals surface area contributed by atoms with Gasteiger partial charge in [-0.25, -0.2) is 17.8 Å². The molecule has 2 N–H and O–H groups in total. The van der Waals surface area contributed by atoms with Crippen LogP contribution in [0, 0.1) is 5.82 Å². The summed E-state index contributed by atoms with van der Waals surface area (Å²) >= 11 is 0. The number of rotatable bonds is 8. The molecule has 0 bridgehead atoms. The number of sulfone groups is 1. The number of carbonyl (C=O) groups excluding carboxylic acids is 2. The van der Waals surface area contributed by atoms with E-state index in [1.807, 2.05) is 31.2 Å². The van der Waals surface area contributed by atoms with Gasteiger partial charge in [0.25, 0.3) is 5.91 Å². The lowest BCUT2D eigenvalue weighted by atomic mass is 10.0. The van der Waals surface area contributed by atoms with Crippen molar-refractivity contribution in [2.45, 2.75) is 31.7 Å². The number of hydrogen-bond acceptors (Lipinski definition) is 7. The van der Waals surface area contributed by atoms with E-state index in [9.17, 15) is 18.0 Å². The minimum absolute atomic E-state index is 0.0748. The molecule has 2 aromatic carbocycles. The van der Waals surface area contributed by atoms with E-state index in [1.54, 1.807) is 24.1 Å². The van der Waals surface area contributed by atoms with Crippen LogP contribution in [-0.4, -0.2) is 62.6 Å². The number of nitrogens with zero attached hydrogens (tertiary/aromatic N) is 2. The first-order chi connectivity index (χ1) is 18.6. The molecular weight excluding hydrogens is 523 g/mol. The molecule has 206 valence electrons. The number of aromatic nitrogens is 1. The largest absolute Gasteiger partial charge is 0.491 e. The van der Waals surface area contributed by atoms with E-state index < -0.39 is 26.5 Å². The summed E-state index contributed by atoms with van der Waals surface area (Å²) in [5.41, 5.74) is 2.65. The molecular formula is C28H31FN4O5S. The van der Waals surface area contributed by atoms with E-state index in [1.165, 1.54) is 6.07 Å². The van der Waals surface area contributed by atoms with Crippen LogP contribution in [-0.2, 0) is 27.6 Å². The van der Waals surface area contributed by atoms with Crippen LogP contribution in [0.1, 0.15) is 35.3 Å². The van der Waals surface area contributed by atoms with Crippen LogP contribution in [0.3, 0.4) is 0 Å². The summed E-state index contributed by atoms with van der Waals surface area (Å²) in [6, 6.07) is 11.7. The molecule has 0 unspecified atom stereocenters. The van der Waals surface area contributed by atoms with Gasteiger partial charge >= 0.3 is 0 Å². The highest BCUT2D eigenvalue weighted by molar-refractivity contribution is 7.90. The van der Waals surface area contributed by atoms with Gasteiger partial charge in [-0.2, -0.15) is 0 Å². The Bertz CT molecular complexity index is 1490. The van der Waals surface area contributed by atoms with Gasteiger partial charge in [-0.3, -0.25) is 9.59 Å². The summed E-state index contributed by atoms with van der Waals surface area (Å²) in [6.07, 6.45) is 2.77. The fourth-order valence-electron chi connectivity index (χ4n) is 4.41. The maximum absolute atomic E-state index is 15.1. The first-order valence-corrected chi connectivity index (χ1v) is 14.5. The minimum atomic E-state index is -3.77. The van der Waals surface area contributed by atoms with Crippen molar-refractivity contribution < 1.29 is 27.1 Å². The molecule has 39 heavy (non-hydrogen) atoms. The predicted molar refractivity (Wildman–Crippen MR) is 146 cm³/mol. The molecule has 0 saturated heterocycles.